The van der Waals surface area contributed by atoms with Crippen molar-refractivity contribution in [1.82, 2.24) is 4.90 Å². The van der Waals surface area contributed by atoms with Crippen LogP contribution in [0.2, 0.25) is 0 Å². The minimum absolute atomic E-state index is 0.209. The molecule has 2 aliphatic heterocycles. The van der Waals surface area contributed by atoms with Crippen LogP contribution in [0, 0.1) is 5.41 Å². The molecule has 0 aromatic heterocycles. The van der Waals surface area contributed by atoms with Crippen molar-refractivity contribution in [2.24, 2.45) is 5.41 Å². The maximum atomic E-state index is 11.5. The third kappa shape index (κ3) is 0.534. The Kier molecular flexibility index (Phi) is 0.890. The third-order valence-electron chi connectivity index (χ3n) is 3.62. The third-order valence-corrected chi connectivity index (χ3v) is 3.62. The van der Waals surface area contributed by atoms with E-state index in [4.69, 9.17) is 0 Å². The molecule has 1 amide bonds. The minimum Gasteiger partial charge on any atom is -0.338 e. The van der Waals surface area contributed by atoms with Gasteiger partial charge in [-0.1, -0.05) is 0 Å². The Morgan fingerprint density at radius 3 is 2.91 bits per heavy atom. The lowest BCUT2D eigenvalue weighted by Gasteiger charge is -2.51. The van der Waals surface area contributed by atoms with Gasteiger partial charge in [0, 0.05) is 12.6 Å². The van der Waals surface area contributed by atoms with Crippen LogP contribution in [0.5, 0.6) is 0 Å². The van der Waals surface area contributed by atoms with Crippen molar-refractivity contribution in [3.63, 3.8) is 0 Å². The summed E-state index contributed by atoms with van der Waals surface area (Å²) < 4.78 is 0. The smallest absolute Gasteiger partial charge is 0.231 e. The van der Waals surface area contributed by atoms with Crippen LogP contribution < -0.4 is 0 Å². The van der Waals surface area contributed by atoms with Gasteiger partial charge in [-0.25, -0.2) is 0 Å². The van der Waals surface area contributed by atoms with Crippen LogP contribution in [0.1, 0.15) is 32.1 Å². The van der Waals surface area contributed by atoms with Crippen molar-refractivity contribution in [2.45, 2.75) is 38.1 Å². The normalized spacial score (nSPS) is 38.4. The molecule has 60 valence electrons. The van der Waals surface area contributed by atoms with Crippen LogP contribution in [0.3, 0.4) is 0 Å². The Balaban J connectivity index is 1.87. The fourth-order valence-corrected chi connectivity index (χ4v) is 2.79. The summed E-state index contributed by atoms with van der Waals surface area (Å²) in [5.41, 5.74) is 0.209. The van der Waals surface area contributed by atoms with Gasteiger partial charge in [0.1, 0.15) is 0 Å². The Hall–Kier alpha value is -0.530. The average molecular weight is 151 g/mol. The summed E-state index contributed by atoms with van der Waals surface area (Å²) in [6, 6.07) is 0.670. The highest BCUT2D eigenvalue weighted by atomic mass is 16.2. The van der Waals surface area contributed by atoms with E-state index in [9.17, 15) is 4.79 Å². The van der Waals surface area contributed by atoms with Gasteiger partial charge in [0.25, 0.3) is 0 Å². The standard InChI is InChI=1S/C9H13NO/c11-8-9(4-5-9)7-3-1-2-6-10(7)8/h7H,1-6H2. The van der Waals surface area contributed by atoms with E-state index in [1.165, 1.54) is 32.1 Å². The summed E-state index contributed by atoms with van der Waals surface area (Å²) in [6.45, 7) is 1.05. The molecule has 0 aromatic carbocycles. The SMILES string of the molecule is O=C1N2CCCCC2C12CC2. The topological polar surface area (TPSA) is 20.3 Å². The zero-order chi connectivity index (χ0) is 7.47. The first kappa shape index (κ1) is 6.04. The Bertz CT molecular complexity index is 220. The van der Waals surface area contributed by atoms with E-state index in [1.54, 1.807) is 0 Å². The molecular formula is C9H13NO. The quantitative estimate of drug-likeness (QED) is 0.476. The number of β-lactam (4-membered cyclic amide) rings is 1. The maximum absolute atomic E-state index is 11.5. The number of hydrogen-bond acceptors (Lipinski definition) is 1. The summed E-state index contributed by atoms with van der Waals surface area (Å²) in [4.78, 5) is 13.6. The van der Waals surface area contributed by atoms with E-state index in [2.05, 4.69) is 4.90 Å². The molecule has 0 aromatic rings. The molecule has 0 radical (unpaired) electrons. The van der Waals surface area contributed by atoms with Gasteiger partial charge in [-0.05, 0) is 32.1 Å². The highest BCUT2D eigenvalue weighted by Crippen LogP contribution is 2.60. The zero-order valence-electron chi connectivity index (χ0n) is 6.68. The van der Waals surface area contributed by atoms with E-state index < -0.39 is 0 Å². The van der Waals surface area contributed by atoms with Crippen molar-refractivity contribution < 1.29 is 4.79 Å². The Labute approximate surface area is 66.6 Å². The molecule has 11 heavy (non-hydrogen) atoms. The minimum atomic E-state index is 0.209. The van der Waals surface area contributed by atoms with Gasteiger partial charge in [-0.15, -0.1) is 0 Å². The molecule has 0 bridgehead atoms. The number of amides is 1. The maximum Gasteiger partial charge on any atom is 0.231 e. The molecule has 2 heterocycles. The van der Waals surface area contributed by atoms with Crippen LogP contribution in [0.4, 0.5) is 0 Å². The fraction of sp³-hybridized carbons (Fsp3) is 0.889. The van der Waals surface area contributed by atoms with Crippen molar-refractivity contribution in [3.8, 4) is 0 Å². The number of rotatable bonds is 0. The summed E-state index contributed by atoms with van der Waals surface area (Å²) in [7, 11) is 0. The number of hydrogen-bond donors (Lipinski definition) is 0. The summed E-state index contributed by atoms with van der Waals surface area (Å²) in [5.74, 6) is 0.474. The first-order valence-corrected chi connectivity index (χ1v) is 4.66. The van der Waals surface area contributed by atoms with Crippen molar-refractivity contribution >= 4 is 5.91 Å². The van der Waals surface area contributed by atoms with Crippen LogP contribution in [-0.2, 0) is 4.79 Å². The van der Waals surface area contributed by atoms with Gasteiger partial charge >= 0.3 is 0 Å². The molecule has 3 fully saturated rings. The highest BCUT2D eigenvalue weighted by molar-refractivity contribution is 5.93. The number of nitrogens with zero attached hydrogens (tertiary/aromatic N) is 1. The van der Waals surface area contributed by atoms with Crippen LogP contribution >= 0.6 is 0 Å². The Morgan fingerprint density at radius 2 is 2.18 bits per heavy atom. The molecule has 2 nitrogen and oxygen atoms in total. The van der Waals surface area contributed by atoms with Crippen LogP contribution in [0.15, 0.2) is 0 Å². The fourth-order valence-electron chi connectivity index (χ4n) is 2.79. The molecule has 0 N–H and O–H groups in total. The number of piperidine rings is 1. The van der Waals surface area contributed by atoms with Crippen molar-refractivity contribution in [2.75, 3.05) is 6.54 Å². The average Bonchev–Trinajstić information content (AvgIpc) is 2.85. The van der Waals surface area contributed by atoms with Crippen LogP contribution in [0.25, 0.3) is 0 Å². The van der Waals surface area contributed by atoms with Crippen molar-refractivity contribution in [3.05, 3.63) is 0 Å². The van der Waals surface area contributed by atoms with Gasteiger partial charge in [-0.3, -0.25) is 4.79 Å². The predicted molar refractivity (Wildman–Crippen MR) is 41.0 cm³/mol. The molecule has 3 rings (SSSR count). The molecule has 1 unspecified atom stereocenters. The first-order valence-electron chi connectivity index (χ1n) is 4.66. The largest absolute Gasteiger partial charge is 0.338 e. The van der Waals surface area contributed by atoms with E-state index in [0.717, 1.165) is 6.54 Å². The number of carbonyl (C=O) groups excluding carboxylic acids is 1. The van der Waals surface area contributed by atoms with E-state index in [0.29, 0.717) is 11.9 Å². The molecule has 3 aliphatic rings. The zero-order valence-corrected chi connectivity index (χ0v) is 6.68. The lowest BCUT2D eigenvalue weighted by atomic mass is 9.78. The molecule has 1 spiro atoms. The van der Waals surface area contributed by atoms with Crippen LogP contribution in [-0.4, -0.2) is 23.4 Å². The highest BCUT2D eigenvalue weighted by Gasteiger charge is 2.67. The number of carbonyl (C=O) groups is 1. The molecule has 1 atom stereocenters. The lowest BCUT2D eigenvalue weighted by molar-refractivity contribution is -0.163. The first-order chi connectivity index (χ1) is 5.34. The van der Waals surface area contributed by atoms with E-state index >= 15 is 0 Å². The molecule has 2 saturated heterocycles. The molecule has 1 saturated carbocycles. The summed E-state index contributed by atoms with van der Waals surface area (Å²) >= 11 is 0. The van der Waals surface area contributed by atoms with Gasteiger partial charge in [0.05, 0.1) is 5.41 Å². The van der Waals surface area contributed by atoms with E-state index in [1.807, 2.05) is 0 Å². The monoisotopic (exact) mass is 151 g/mol. The summed E-state index contributed by atoms with van der Waals surface area (Å²) in [6.07, 6.45) is 6.24. The second-order valence-corrected chi connectivity index (χ2v) is 4.17. The van der Waals surface area contributed by atoms with Gasteiger partial charge in [-0.2, -0.15) is 0 Å². The number of fused-ring (bicyclic) bond motifs is 2. The second kappa shape index (κ2) is 1.62. The van der Waals surface area contributed by atoms with Crippen molar-refractivity contribution in [1.29, 1.82) is 0 Å². The predicted octanol–water partition coefficient (Wildman–Crippen LogP) is 1.16. The van der Waals surface area contributed by atoms with Gasteiger partial charge in [0.15, 0.2) is 0 Å². The van der Waals surface area contributed by atoms with Gasteiger partial charge < -0.3 is 4.90 Å². The molecular weight excluding hydrogens is 138 g/mol. The molecule has 1 aliphatic carbocycles. The Morgan fingerprint density at radius 1 is 1.36 bits per heavy atom. The van der Waals surface area contributed by atoms with E-state index in [-0.39, 0.29) is 5.41 Å². The summed E-state index contributed by atoms with van der Waals surface area (Å²) in [5, 5.41) is 0. The second-order valence-electron chi connectivity index (χ2n) is 4.17. The molecule has 2 heteroatoms. The lowest BCUT2D eigenvalue weighted by Crippen LogP contribution is -2.64. The van der Waals surface area contributed by atoms with Gasteiger partial charge in [0.2, 0.25) is 5.91 Å².